The molecular weight excluding hydrogens is 548 g/mol. The summed E-state index contributed by atoms with van der Waals surface area (Å²) in [6, 6.07) is 8.72. The molecule has 1 spiro atoms. The predicted octanol–water partition coefficient (Wildman–Crippen LogP) is 8.09. The highest BCUT2D eigenvalue weighted by atomic mass is 16.5. The molecule has 1 aromatic rings. The van der Waals surface area contributed by atoms with Crippen molar-refractivity contribution in [2.45, 2.75) is 106 Å². The van der Waals surface area contributed by atoms with Crippen molar-refractivity contribution in [1.29, 1.82) is 0 Å². The summed E-state index contributed by atoms with van der Waals surface area (Å²) in [5, 5.41) is 0. The van der Waals surface area contributed by atoms with Gasteiger partial charge in [0.25, 0.3) is 0 Å². The Bertz CT molecular complexity index is 1470. The first-order valence-corrected chi connectivity index (χ1v) is 16.4. The number of ketones is 4. The normalized spacial score (nSPS) is 35.4. The fourth-order valence-electron chi connectivity index (χ4n) is 9.25. The molecule has 4 aliphatic carbocycles. The molecule has 1 heterocycles. The molecule has 0 amide bonds. The first-order valence-electron chi connectivity index (χ1n) is 16.4. The van der Waals surface area contributed by atoms with E-state index >= 15 is 14.4 Å². The van der Waals surface area contributed by atoms with E-state index in [1.54, 1.807) is 24.3 Å². The fraction of sp³-hybridized carbons (Fsp3) is 0.590. The molecule has 5 nitrogen and oxygen atoms in total. The SMILES string of the molecule is CC(C)=C[C@@H]1OC(C)(C)[C@@H]2C[C@@H]3C[C@@]4(C/C=C(\C)CC/C=C/C(C)C)C(=O)[C@@]12C(=O)[C@](C(=O)c1ccccc1)(C4=O)C3(C)C. The Balaban J connectivity index is 1.77. The summed E-state index contributed by atoms with van der Waals surface area (Å²) >= 11 is 0. The molecule has 44 heavy (non-hydrogen) atoms. The third-order valence-electron chi connectivity index (χ3n) is 11.6. The van der Waals surface area contributed by atoms with Crippen LogP contribution in [0.4, 0.5) is 0 Å². The van der Waals surface area contributed by atoms with Gasteiger partial charge in [-0.2, -0.15) is 0 Å². The summed E-state index contributed by atoms with van der Waals surface area (Å²) in [6.07, 6.45) is 10.2. The average Bonchev–Trinajstić information content (AvgIpc) is 3.05. The van der Waals surface area contributed by atoms with Crippen molar-refractivity contribution in [1.82, 2.24) is 0 Å². The molecule has 5 aliphatic rings. The number of benzene rings is 1. The van der Waals surface area contributed by atoms with Crippen LogP contribution < -0.4 is 0 Å². The van der Waals surface area contributed by atoms with Gasteiger partial charge < -0.3 is 4.74 Å². The Labute approximate surface area is 263 Å². The van der Waals surface area contributed by atoms with Crippen LogP contribution in [-0.4, -0.2) is 34.8 Å². The lowest BCUT2D eigenvalue weighted by Gasteiger charge is -2.60. The number of allylic oxidation sites excluding steroid dienone is 5. The van der Waals surface area contributed by atoms with Gasteiger partial charge in [0.1, 0.15) is 5.41 Å². The standard InChI is InChI=1S/C39H50O5/c1-24(2)15-13-14-16-26(5)19-20-37-23-28-22-29-36(8,9)44-30(21-25(3)4)38(29,32(37)41)34(43)39(33(37)42,35(28,6)7)31(40)27-17-11-10-12-18-27/h10-13,15,17-19,21,24,28-30H,14,16,20,22-23H2,1-9H3/b15-13+,26-19+/t28-,29+,30+,37+,38+,39+/m1/s1. The summed E-state index contributed by atoms with van der Waals surface area (Å²) in [7, 11) is 0. The van der Waals surface area contributed by atoms with Gasteiger partial charge in [-0.25, -0.2) is 0 Å². The third kappa shape index (κ3) is 4.28. The van der Waals surface area contributed by atoms with E-state index in [9.17, 15) is 4.79 Å². The van der Waals surface area contributed by atoms with Gasteiger partial charge in [0.2, 0.25) is 0 Å². The first kappa shape index (κ1) is 32.5. The minimum Gasteiger partial charge on any atom is -0.366 e. The van der Waals surface area contributed by atoms with Crippen LogP contribution in [0, 0.1) is 39.4 Å². The van der Waals surface area contributed by atoms with E-state index in [1.165, 1.54) is 0 Å². The van der Waals surface area contributed by atoms with E-state index in [0.29, 0.717) is 24.3 Å². The highest BCUT2D eigenvalue weighted by Crippen LogP contribution is 2.75. The van der Waals surface area contributed by atoms with E-state index in [0.717, 1.165) is 24.0 Å². The molecule has 1 aromatic carbocycles. The minimum absolute atomic E-state index is 0.199. The Kier molecular flexibility index (Phi) is 8.01. The fourth-order valence-corrected chi connectivity index (χ4v) is 9.25. The summed E-state index contributed by atoms with van der Waals surface area (Å²) < 4.78 is 6.67. The van der Waals surface area contributed by atoms with Gasteiger partial charge in [-0.05, 0) is 84.0 Å². The third-order valence-corrected chi connectivity index (χ3v) is 11.6. The van der Waals surface area contributed by atoms with Crippen molar-refractivity contribution >= 4 is 23.1 Å². The molecule has 6 atom stereocenters. The number of rotatable bonds is 9. The molecule has 0 N–H and O–H groups in total. The molecule has 4 saturated carbocycles. The van der Waals surface area contributed by atoms with Crippen LogP contribution in [0.1, 0.15) is 105 Å². The van der Waals surface area contributed by atoms with E-state index < -0.39 is 56.6 Å². The van der Waals surface area contributed by atoms with Crippen molar-refractivity contribution in [3.05, 3.63) is 71.3 Å². The molecule has 1 aliphatic heterocycles. The van der Waals surface area contributed by atoms with Gasteiger partial charge in [-0.15, -0.1) is 0 Å². The Morgan fingerprint density at radius 1 is 0.977 bits per heavy atom. The number of carbonyl (C=O) groups excluding carboxylic acids is 4. The molecule has 0 aromatic heterocycles. The van der Waals surface area contributed by atoms with Gasteiger partial charge >= 0.3 is 0 Å². The largest absolute Gasteiger partial charge is 0.366 e. The number of hydrogen-bond donors (Lipinski definition) is 0. The van der Waals surface area contributed by atoms with Crippen LogP contribution in [0.15, 0.2) is 65.8 Å². The lowest BCUT2D eigenvalue weighted by molar-refractivity contribution is -0.183. The molecule has 5 heteroatoms. The van der Waals surface area contributed by atoms with Gasteiger partial charge in [0.05, 0.1) is 17.1 Å². The van der Waals surface area contributed by atoms with Crippen molar-refractivity contribution in [2.24, 2.45) is 39.4 Å². The van der Waals surface area contributed by atoms with Gasteiger partial charge in [-0.1, -0.05) is 93.5 Å². The van der Waals surface area contributed by atoms with Crippen LogP contribution in [-0.2, 0) is 19.1 Å². The Morgan fingerprint density at radius 2 is 1.64 bits per heavy atom. The smallest absolute Gasteiger partial charge is 0.184 e. The first-order chi connectivity index (χ1) is 20.5. The van der Waals surface area contributed by atoms with Crippen molar-refractivity contribution in [3.8, 4) is 0 Å². The number of Topliss-reactive ketones (excluding diaryl/α,β-unsaturated/α-hetero) is 4. The van der Waals surface area contributed by atoms with Crippen LogP contribution in [0.3, 0.4) is 0 Å². The molecule has 0 unspecified atom stereocenters. The summed E-state index contributed by atoms with van der Waals surface area (Å²) in [5.74, 6) is -2.00. The minimum atomic E-state index is -1.99. The second-order valence-electron chi connectivity index (χ2n) is 15.6. The lowest BCUT2D eigenvalue weighted by atomic mass is 9.36. The lowest BCUT2D eigenvalue weighted by Crippen LogP contribution is -2.77. The highest BCUT2D eigenvalue weighted by molar-refractivity contribution is 6.42. The second kappa shape index (κ2) is 10.9. The molecule has 4 bridgehead atoms. The molecule has 236 valence electrons. The number of carbonyl (C=O) groups is 4. The van der Waals surface area contributed by atoms with Crippen molar-refractivity contribution in [2.75, 3.05) is 0 Å². The summed E-state index contributed by atoms with van der Waals surface area (Å²) in [4.78, 5) is 61.2. The highest BCUT2D eigenvalue weighted by Gasteiger charge is 2.87. The number of hydrogen-bond acceptors (Lipinski definition) is 5. The van der Waals surface area contributed by atoms with Gasteiger partial charge in [0.15, 0.2) is 28.5 Å². The quantitative estimate of drug-likeness (QED) is 0.163. The van der Waals surface area contributed by atoms with Crippen molar-refractivity contribution in [3.63, 3.8) is 0 Å². The molecule has 6 rings (SSSR count). The molecule has 0 radical (unpaired) electrons. The monoisotopic (exact) mass is 598 g/mol. The predicted molar refractivity (Wildman–Crippen MR) is 173 cm³/mol. The van der Waals surface area contributed by atoms with E-state index in [1.807, 2.05) is 66.7 Å². The van der Waals surface area contributed by atoms with Gasteiger partial charge in [-0.3, -0.25) is 19.2 Å². The second-order valence-corrected chi connectivity index (χ2v) is 15.6. The van der Waals surface area contributed by atoms with Crippen LogP contribution >= 0.6 is 0 Å². The van der Waals surface area contributed by atoms with Crippen molar-refractivity contribution < 1.29 is 23.9 Å². The topological polar surface area (TPSA) is 77.5 Å². The van der Waals surface area contributed by atoms with Crippen LogP contribution in [0.5, 0.6) is 0 Å². The molecule has 5 fully saturated rings. The summed E-state index contributed by atoms with van der Waals surface area (Å²) in [5.41, 5.74) is -4.51. The Morgan fingerprint density at radius 3 is 2.25 bits per heavy atom. The molecule has 1 saturated heterocycles. The zero-order chi connectivity index (χ0) is 32.5. The molecular formula is C39H50O5. The van der Waals surface area contributed by atoms with E-state index in [4.69, 9.17) is 4.74 Å². The maximum atomic E-state index is 15.6. The maximum Gasteiger partial charge on any atom is 0.184 e. The summed E-state index contributed by atoms with van der Waals surface area (Å²) in [6.45, 7) is 18.0. The van der Waals surface area contributed by atoms with E-state index in [2.05, 4.69) is 26.0 Å². The van der Waals surface area contributed by atoms with Crippen LogP contribution in [0.2, 0.25) is 0 Å². The average molecular weight is 599 g/mol. The maximum absolute atomic E-state index is 15.6. The zero-order valence-corrected chi connectivity index (χ0v) is 28.1. The number of ether oxygens (including phenoxy) is 1. The Hall–Kier alpha value is -2.92. The van der Waals surface area contributed by atoms with Crippen LogP contribution in [0.25, 0.3) is 0 Å². The van der Waals surface area contributed by atoms with Gasteiger partial charge in [0, 0.05) is 11.5 Å². The van der Waals surface area contributed by atoms with E-state index in [-0.39, 0.29) is 18.1 Å². The zero-order valence-electron chi connectivity index (χ0n) is 28.1.